The molecule has 0 aromatic heterocycles. The second kappa shape index (κ2) is 16.0. The molecule has 0 rings (SSSR count). The number of hydrogen-bond donors (Lipinski definition) is 0. The van der Waals surface area contributed by atoms with E-state index >= 15 is 0 Å². The topological polar surface area (TPSA) is 0 Å². The van der Waals surface area contributed by atoms with Gasteiger partial charge >= 0.3 is 0 Å². The molecule has 3 unspecified atom stereocenters. The average molecular weight is 369 g/mol. The minimum atomic E-state index is -1.52. The van der Waals surface area contributed by atoms with Crippen LogP contribution in [0.15, 0.2) is 48.6 Å². The first kappa shape index (κ1) is 27.0. The summed E-state index contributed by atoms with van der Waals surface area (Å²) >= 11 is 0. The molecule has 0 aliphatic carbocycles. The van der Waals surface area contributed by atoms with Crippen LogP contribution in [0.2, 0.25) is 0 Å². The molecule has 2 heteroatoms. The van der Waals surface area contributed by atoms with Crippen molar-refractivity contribution in [2.75, 3.05) is 0 Å². The molecule has 0 N–H and O–H groups in total. The first-order valence-corrected chi connectivity index (χ1v) is 10.1. The maximum Gasteiger partial charge on any atom is 0.270 e. The van der Waals surface area contributed by atoms with Gasteiger partial charge < -0.3 is 0 Å². The van der Waals surface area contributed by atoms with Crippen molar-refractivity contribution in [3.63, 3.8) is 0 Å². The van der Waals surface area contributed by atoms with Gasteiger partial charge in [-0.25, -0.2) is 0 Å². The molecule has 0 aromatic rings. The lowest BCUT2D eigenvalue weighted by Gasteiger charge is -2.18. The second-order valence-electron chi connectivity index (χ2n) is 7.76. The van der Waals surface area contributed by atoms with E-state index in [9.17, 15) is 8.78 Å². The molecule has 0 saturated carbocycles. The molecule has 0 aliphatic heterocycles. The highest BCUT2D eigenvalue weighted by Crippen LogP contribution is 2.29. The van der Waals surface area contributed by atoms with Gasteiger partial charge in [-0.15, -0.1) is 6.58 Å². The first-order valence-electron chi connectivity index (χ1n) is 10.1. The number of allylic oxidation sites excluding steroid dienone is 5. The molecule has 26 heavy (non-hydrogen) atoms. The summed E-state index contributed by atoms with van der Waals surface area (Å²) in [4.78, 5) is 0. The zero-order chi connectivity index (χ0) is 20.7. The van der Waals surface area contributed by atoms with Gasteiger partial charge in [0.1, 0.15) is 0 Å². The van der Waals surface area contributed by atoms with Gasteiger partial charge in [0.05, 0.1) is 0 Å². The summed E-state index contributed by atoms with van der Waals surface area (Å²) in [6, 6.07) is 0. The van der Waals surface area contributed by atoms with Crippen LogP contribution in [0.1, 0.15) is 80.6 Å². The predicted octanol–water partition coefficient (Wildman–Crippen LogP) is 8.98. The van der Waals surface area contributed by atoms with Crippen molar-refractivity contribution in [2.24, 2.45) is 23.7 Å². The minimum absolute atomic E-state index is 0.203. The van der Waals surface area contributed by atoms with Gasteiger partial charge in [0.15, 0.2) is 0 Å². The van der Waals surface area contributed by atoms with E-state index in [4.69, 9.17) is 0 Å². The lowest BCUT2D eigenvalue weighted by molar-refractivity contribution is 0.396. The van der Waals surface area contributed by atoms with Crippen molar-refractivity contribution >= 4 is 0 Å². The fourth-order valence-electron chi connectivity index (χ4n) is 2.48. The van der Waals surface area contributed by atoms with E-state index in [0.29, 0.717) is 24.7 Å². The number of halogens is 2. The maximum atomic E-state index is 13.2. The van der Waals surface area contributed by atoms with E-state index in [1.165, 1.54) is 12.8 Å². The van der Waals surface area contributed by atoms with E-state index in [1.54, 1.807) is 6.08 Å². The van der Waals surface area contributed by atoms with Crippen molar-refractivity contribution in [3.05, 3.63) is 48.6 Å². The molecule has 0 fully saturated rings. The summed E-state index contributed by atoms with van der Waals surface area (Å²) in [6.45, 7) is 22.0. The fourth-order valence-corrected chi connectivity index (χ4v) is 2.48. The maximum absolute atomic E-state index is 13.2. The van der Waals surface area contributed by atoms with E-state index in [-0.39, 0.29) is 11.5 Å². The quantitative estimate of drug-likeness (QED) is 0.319. The summed E-state index contributed by atoms with van der Waals surface area (Å²) in [6.07, 6.45) is 8.68. The number of hydrogen-bond acceptors (Lipinski definition) is 0. The van der Waals surface area contributed by atoms with E-state index in [2.05, 4.69) is 47.8 Å². The Hall–Kier alpha value is -1.18. The van der Waals surface area contributed by atoms with Crippen molar-refractivity contribution in [1.82, 2.24) is 0 Å². The Balaban J connectivity index is 0. The lowest BCUT2D eigenvalue weighted by Crippen LogP contribution is -2.05. The molecule has 0 nitrogen and oxygen atoms in total. The Morgan fingerprint density at radius 1 is 0.962 bits per heavy atom. The summed E-state index contributed by atoms with van der Waals surface area (Å²) in [5, 5.41) is 0. The summed E-state index contributed by atoms with van der Waals surface area (Å²) in [5.41, 5.74) is 1.37. The SMILES string of the molecule is C=C(CCC(=C(F)F)C(C)/C=C\C(C)C)C(C)CCC(C)CC.C=CC. The summed E-state index contributed by atoms with van der Waals surface area (Å²) in [5.74, 6) is 1.32. The highest BCUT2D eigenvalue weighted by Gasteiger charge is 2.15. The molecular formula is C24H42F2. The third kappa shape index (κ3) is 14.0. The molecular weight excluding hydrogens is 326 g/mol. The average Bonchev–Trinajstić information content (AvgIpc) is 2.57. The van der Waals surface area contributed by atoms with Crippen molar-refractivity contribution < 1.29 is 8.78 Å². The van der Waals surface area contributed by atoms with Crippen LogP contribution in [0.4, 0.5) is 8.78 Å². The van der Waals surface area contributed by atoms with E-state index < -0.39 is 6.08 Å². The molecule has 0 amide bonds. The largest absolute Gasteiger partial charge is 0.270 e. The molecule has 0 spiro atoms. The van der Waals surface area contributed by atoms with Crippen LogP contribution in [0.5, 0.6) is 0 Å². The summed E-state index contributed by atoms with van der Waals surface area (Å²) in [7, 11) is 0. The van der Waals surface area contributed by atoms with Crippen LogP contribution in [0.25, 0.3) is 0 Å². The first-order chi connectivity index (χ1) is 12.1. The third-order valence-corrected chi connectivity index (χ3v) is 4.78. The van der Waals surface area contributed by atoms with Crippen molar-refractivity contribution in [1.29, 1.82) is 0 Å². The lowest BCUT2D eigenvalue weighted by atomic mass is 9.87. The number of rotatable bonds is 11. The fraction of sp³-hybridized carbons (Fsp3) is 0.667. The van der Waals surface area contributed by atoms with E-state index in [0.717, 1.165) is 17.9 Å². The molecule has 0 saturated heterocycles. The normalized spacial score (nSPS) is 14.4. The van der Waals surface area contributed by atoms with Gasteiger partial charge in [-0.2, -0.15) is 8.78 Å². The molecule has 0 bridgehead atoms. The van der Waals surface area contributed by atoms with Gasteiger partial charge in [-0.3, -0.25) is 0 Å². The monoisotopic (exact) mass is 368 g/mol. The van der Waals surface area contributed by atoms with Crippen LogP contribution in [0.3, 0.4) is 0 Å². The Bertz CT molecular complexity index is 439. The van der Waals surface area contributed by atoms with Gasteiger partial charge in [-0.1, -0.05) is 84.8 Å². The van der Waals surface area contributed by atoms with Crippen LogP contribution in [-0.4, -0.2) is 0 Å². The van der Waals surface area contributed by atoms with Crippen LogP contribution in [0, 0.1) is 23.7 Å². The smallest absolute Gasteiger partial charge is 0.173 e. The second-order valence-corrected chi connectivity index (χ2v) is 7.76. The molecule has 0 aromatic carbocycles. The van der Waals surface area contributed by atoms with Crippen LogP contribution < -0.4 is 0 Å². The van der Waals surface area contributed by atoms with Crippen molar-refractivity contribution in [3.8, 4) is 0 Å². The highest BCUT2D eigenvalue weighted by atomic mass is 19.3. The van der Waals surface area contributed by atoms with Gasteiger partial charge in [0.2, 0.25) is 0 Å². The van der Waals surface area contributed by atoms with Crippen LogP contribution in [-0.2, 0) is 0 Å². The highest BCUT2D eigenvalue weighted by molar-refractivity contribution is 5.15. The third-order valence-electron chi connectivity index (χ3n) is 4.78. The Kier molecular flexibility index (Phi) is 16.7. The van der Waals surface area contributed by atoms with Gasteiger partial charge in [-0.05, 0) is 43.9 Å². The Labute approximate surface area is 162 Å². The molecule has 152 valence electrons. The Morgan fingerprint density at radius 3 is 1.92 bits per heavy atom. The van der Waals surface area contributed by atoms with Crippen molar-refractivity contribution in [2.45, 2.75) is 80.6 Å². The van der Waals surface area contributed by atoms with Gasteiger partial charge in [0.25, 0.3) is 6.08 Å². The molecule has 0 aliphatic rings. The molecule has 0 radical (unpaired) electrons. The van der Waals surface area contributed by atoms with E-state index in [1.807, 2.05) is 26.0 Å². The zero-order valence-electron chi connectivity index (χ0n) is 18.2. The molecule has 3 atom stereocenters. The molecule has 0 heterocycles. The zero-order valence-corrected chi connectivity index (χ0v) is 18.2. The minimum Gasteiger partial charge on any atom is -0.173 e. The van der Waals surface area contributed by atoms with Gasteiger partial charge in [0, 0.05) is 11.5 Å². The summed E-state index contributed by atoms with van der Waals surface area (Å²) < 4.78 is 26.5. The standard InChI is InChI=1S/C21H36F2.C3H6/c1-8-16(4)10-12-17(5)18(6)13-14-20(21(22)23)19(7)11-9-15(2)3;1-3-2/h9,11,15-17,19H,6,8,10,12-14H2,1-5,7H3;3H,1H2,2H3/b11-9-;. The Morgan fingerprint density at radius 2 is 1.50 bits per heavy atom. The van der Waals surface area contributed by atoms with Crippen LogP contribution >= 0.6 is 0 Å². The predicted molar refractivity (Wildman–Crippen MR) is 114 cm³/mol.